The van der Waals surface area contributed by atoms with Crippen LogP contribution >= 0.6 is 0 Å². The lowest BCUT2D eigenvalue weighted by Crippen LogP contribution is -2.48. The number of benzene rings is 1. The quantitative estimate of drug-likeness (QED) is 0.914. The summed E-state index contributed by atoms with van der Waals surface area (Å²) in [7, 11) is 0. The van der Waals surface area contributed by atoms with E-state index in [0.29, 0.717) is 12.7 Å². The van der Waals surface area contributed by atoms with Crippen molar-refractivity contribution < 1.29 is 14.6 Å². The van der Waals surface area contributed by atoms with Crippen LogP contribution in [0, 0.1) is 0 Å². The predicted molar refractivity (Wildman–Crippen MR) is 76.9 cm³/mol. The minimum Gasteiger partial charge on any atom is -0.491 e. The van der Waals surface area contributed by atoms with Gasteiger partial charge in [0.2, 0.25) is 0 Å². The second-order valence-corrected chi connectivity index (χ2v) is 5.58. The molecule has 1 N–H and O–H groups in total. The molecule has 2 aliphatic heterocycles. The highest BCUT2D eigenvalue weighted by molar-refractivity contribution is 5.37. The van der Waals surface area contributed by atoms with Gasteiger partial charge in [-0.15, -0.1) is 0 Å². The van der Waals surface area contributed by atoms with Gasteiger partial charge in [0.05, 0.1) is 12.1 Å². The Labute approximate surface area is 120 Å². The summed E-state index contributed by atoms with van der Waals surface area (Å²) in [4.78, 5) is 2.29. The Morgan fingerprint density at radius 1 is 1.35 bits per heavy atom. The van der Waals surface area contributed by atoms with E-state index in [4.69, 9.17) is 9.47 Å². The Balaban J connectivity index is 1.72. The first-order valence-electron chi connectivity index (χ1n) is 7.55. The van der Waals surface area contributed by atoms with Gasteiger partial charge in [-0.2, -0.15) is 0 Å². The van der Waals surface area contributed by atoms with Crippen molar-refractivity contribution in [1.82, 2.24) is 4.90 Å². The minimum atomic E-state index is -0.485. The molecule has 0 aromatic heterocycles. The highest BCUT2D eigenvalue weighted by Gasteiger charge is 2.34. The zero-order chi connectivity index (χ0) is 13.9. The lowest BCUT2D eigenvalue weighted by molar-refractivity contribution is -0.0178. The maximum Gasteiger partial charge on any atom is 0.125 e. The second-order valence-electron chi connectivity index (χ2n) is 5.58. The molecule has 2 heterocycles. The number of aliphatic hydroxyl groups is 1. The number of hydrogen-bond donors (Lipinski definition) is 1. The topological polar surface area (TPSA) is 41.9 Å². The Hall–Kier alpha value is -1.10. The van der Waals surface area contributed by atoms with Crippen LogP contribution in [0.1, 0.15) is 31.4 Å². The molecule has 1 fully saturated rings. The zero-order valence-corrected chi connectivity index (χ0v) is 12.0. The summed E-state index contributed by atoms with van der Waals surface area (Å²) in [5.41, 5.74) is 0.898. The maximum absolute atomic E-state index is 10.6. The summed E-state index contributed by atoms with van der Waals surface area (Å²) in [6.45, 7) is 5.31. The van der Waals surface area contributed by atoms with Crippen molar-refractivity contribution in [2.24, 2.45) is 0 Å². The molecule has 4 heteroatoms. The highest BCUT2D eigenvalue weighted by Crippen LogP contribution is 2.34. The van der Waals surface area contributed by atoms with Gasteiger partial charge in [0.15, 0.2) is 0 Å². The van der Waals surface area contributed by atoms with Gasteiger partial charge >= 0.3 is 0 Å². The molecule has 3 unspecified atom stereocenters. The van der Waals surface area contributed by atoms with E-state index in [2.05, 4.69) is 11.8 Å². The molecule has 1 aromatic carbocycles. The third kappa shape index (κ3) is 2.68. The number of para-hydroxylation sites is 1. The Kier molecular flexibility index (Phi) is 4.24. The summed E-state index contributed by atoms with van der Waals surface area (Å²) < 4.78 is 11.5. The van der Waals surface area contributed by atoms with Crippen LogP contribution in [-0.2, 0) is 4.74 Å². The van der Waals surface area contributed by atoms with Crippen LogP contribution in [0.2, 0.25) is 0 Å². The third-order valence-electron chi connectivity index (χ3n) is 4.35. The monoisotopic (exact) mass is 277 g/mol. The fourth-order valence-electron chi connectivity index (χ4n) is 3.18. The molecule has 0 aliphatic carbocycles. The predicted octanol–water partition coefficient (Wildman–Crippen LogP) is 1.98. The SMILES string of the molecule is CCN(CC1CCCO1)C1COc2ccccc2C1O. The largest absolute Gasteiger partial charge is 0.491 e. The van der Waals surface area contributed by atoms with Crippen LogP contribution in [0.3, 0.4) is 0 Å². The number of likely N-dealkylation sites (N-methyl/N-ethyl adjacent to an activating group) is 1. The lowest BCUT2D eigenvalue weighted by atomic mass is 9.97. The molecule has 0 saturated carbocycles. The van der Waals surface area contributed by atoms with Gasteiger partial charge in [-0.1, -0.05) is 25.1 Å². The first-order valence-corrected chi connectivity index (χ1v) is 7.55. The van der Waals surface area contributed by atoms with Gasteiger partial charge in [0.25, 0.3) is 0 Å². The highest BCUT2D eigenvalue weighted by atomic mass is 16.5. The molecule has 0 spiro atoms. The van der Waals surface area contributed by atoms with Crippen LogP contribution in [-0.4, -0.2) is 48.5 Å². The van der Waals surface area contributed by atoms with E-state index in [1.165, 1.54) is 0 Å². The summed E-state index contributed by atoms with van der Waals surface area (Å²) >= 11 is 0. The average Bonchev–Trinajstić information content (AvgIpc) is 2.99. The standard InChI is InChI=1S/C16H23NO3/c1-2-17(10-12-6-5-9-19-12)14-11-20-15-8-4-3-7-13(15)16(14)18/h3-4,7-8,12,14,16,18H,2,5-6,9-11H2,1H3. The molecule has 0 radical (unpaired) electrons. The number of rotatable bonds is 4. The molecule has 3 rings (SSSR count). The Bertz CT molecular complexity index is 445. The van der Waals surface area contributed by atoms with E-state index in [9.17, 15) is 5.11 Å². The molecule has 1 aromatic rings. The fourth-order valence-corrected chi connectivity index (χ4v) is 3.18. The van der Waals surface area contributed by atoms with Gasteiger partial charge in [-0.25, -0.2) is 0 Å². The summed E-state index contributed by atoms with van der Waals surface area (Å²) in [6.07, 6.45) is 2.09. The first kappa shape index (κ1) is 13.9. The van der Waals surface area contributed by atoms with Crippen molar-refractivity contribution in [1.29, 1.82) is 0 Å². The van der Waals surface area contributed by atoms with Gasteiger partial charge in [0, 0.05) is 18.7 Å². The Morgan fingerprint density at radius 3 is 2.95 bits per heavy atom. The second kappa shape index (κ2) is 6.12. The molecule has 4 nitrogen and oxygen atoms in total. The van der Waals surface area contributed by atoms with Crippen LogP contribution in [0.5, 0.6) is 5.75 Å². The lowest BCUT2D eigenvalue weighted by Gasteiger charge is -2.38. The van der Waals surface area contributed by atoms with E-state index >= 15 is 0 Å². The normalized spacial score (nSPS) is 29.2. The molecule has 1 saturated heterocycles. The molecule has 110 valence electrons. The number of nitrogens with zero attached hydrogens (tertiary/aromatic N) is 1. The number of fused-ring (bicyclic) bond motifs is 1. The molecule has 20 heavy (non-hydrogen) atoms. The smallest absolute Gasteiger partial charge is 0.125 e. The summed E-state index contributed by atoms with van der Waals surface area (Å²) in [5, 5.41) is 10.6. The van der Waals surface area contributed by atoms with Crippen LogP contribution in [0.15, 0.2) is 24.3 Å². The van der Waals surface area contributed by atoms with Gasteiger partial charge in [-0.3, -0.25) is 4.90 Å². The van der Waals surface area contributed by atoms with E-state index in [1.54, 1.807) is 0 Å². The van der Waals surface area contributed by atoms with E-state index in [-0.39, 0.29) is 6.04 Å². The van der Waals surface area contributed by atoms with Crippen molar-refractivity contribution in [2.75, 3.05) is 26.3 Å². The third-order valence-corrected chi connectivity index (χ3v) is 4.35. The average molecular weight is 277 g/mol. The molecular formula is C16H23NO3. The van der Waals surface area contributed by atoms with Crippen molar-refractivity contribution >= 4 is 0 Å². The van der Waals surface area contributed by atoms with Crippen molar-refractivity contribution in [3.63, 3.8) is 0 Å². The molecule has 0 bridgehead atoms. The zero-order valence-electron chi connectivity index (χ0n) is 12.0. The maximum atomic E-state index is 10.6. The van der Waals surface area contributed by atoms with Crippen LogP contribution in [0.4, 0.5) is 0 Å². The van der Waals surface area contributed by atoms with Crippen LogP contribution < -0.4 is 4.74 Å². The first-order chi connectivity index (χ1) is 9.79. The molecule has 2 aliphatic rings. The summed E-state index contributed by atoms with van der Waals surface area (Å²) in [5.74, 6) is 0.810. The molecule has 3 atom stereocenters. The van der Waals surface area contributed by atoms with Crippen molar-refractivity contribution in [2.45, 2.75) is 38.0 Å². The summed E-state index contributed by atoms with van der Waals surface area (Å²) in [6, 6.07) is 7.77. The van der Waals surface area contributed by atoms with Gasteiger partial charge in [0.1, 0.15) is 18.5 Å². The van der Waals surface area contributed by atoms with Crippen molar-refractivity contribution in [3.05, 3.63) is 29.8 Å². The number of aliphatic hydroxyl groups excluding tert-OH is 1. The number of hydrogen-bond acceptors (Lipinski definition) is 4. The minimum absolute atomic E-state index is 0.0131. The van der Waals surface area contributed by atoms with Crippen LogP contribution in [0.25, 0.3) is 0 Å². The molecular weight excluding hydrogens is 254 g/mol. The molecule has 0 amide bonds. The Morgan fingerprint density at radius 2 is 2.20 bits per heavy atom. The number of ether oxygens (including phenoxy) is 2. The van der Waals surface area contributed by atoms with E-state index < -0.39 is 6.10 Å². The van der Waals surface area contributed by atoms with Gasteiger partial charge in [-0.05, 0) is 25.5 Å². The fraction of sp³-hybridized carbons (Fsp3) is 0.625. The van der Waals surface area contributed by atoms with E-state index in [0.717, 1.165) is 43.9 Å². The van der Waals surface area contributed by atoms with Crippen molar-refractivity contribution in [3.8, 4) is 5.75 Å². The van der Waals surface area contributed by atoms with Gasteiger partial charge < -0.3 is 14.6 Å². The van der Waals surface area contributed by atoms with E-state index in [1.807, 2.05) is 24.3 Å².